The van der Waals surface area contributed by atoms with Gasteiger partial charge in [-0.3, -0.25) is 13.9 Å². The van der Waals surface area contributed by atoms with Crippen LogP contribution in [-0.4, -0.2) is 63.2 Å². The van der Waals surface area contributed by atoms with Crippen LogP contribution < -0.4 is 19.1 Å². The van der Waals surface area contributed by atoms with Gasteiger partial charge in [-0.2, -0.15) is 0 Å². The Balaban J connectivity index is 1.92. The van der Waals surface area contributed by atoms with Gasteiger partial charge in [0.25, 0.3) is 0 Å². The molecule has 2 aromatic rings. The molecule has 1 N–H and O–H groups in total. The Hall–Kier alpha value is -2.79. The summed E-state index contributed by atoms with van der Waals surface area (Å²) < 4.78 is 39.3. The topological polar surface area (TPSA) is 105 Å². The second-order valence-corrected chi connectivity index (χ2v) is 12.3. The summed E-state index contributed by atoms with van der Waals surface area (Å²) in [5.41, 5.74) is 1.10. The highest BCUT2D eigenvalue weighted by Crippen LogP contribution is 2.35. The van der Waals surface area contributed by atoms with E-state index in [1.54, 1.807) is 25.1 Å². The predicted octanol–water partition coefficient (Wildman–Crippen LogP) is 3.57. The minimum absolute atomic E-state index is 0.142. The smallest absolute Gasteiger partial charge is 0.244 e. The lowest BCUT2D eigenvalue weighted by atomic mass is 10.1. The molecule has 0 unspecified atom stereocenters. The number of fused-ring (bicyclic) bond motifs is 1. The lowest BCUT2D eigenvalue weighted by molar-refractivity contribution is -0.139. The number of benzene rings is 2. The Morgan fingerprint density at radius 1 is 1.03 bits per heavy atom. The van der Waals surface area contributed by atoms with E-state index in [0.717, 1.165) is 14.3 Å². The first-order chi connectivity index (χ1) is 17.5. The molecule has 0 aliphatic carbocycles. The summed E-state index contributed by atoms with van der Waals surface area (Å²) in [6, 6.07) is 11.4. The quantitative estimate of drug-likeness (QED) is 0.426. The predicted molar refractivity (Wildman–Crippen MR) is 146 cm³/mol. The monoisotopic (exact) mass is 595 g/mol. The van der Waals surface area contributed by atoms with Gasteiger partial charge in [0, 0.05) is 23.6 Å². The van der Waals surface area contributed by atoms with Crippen molar-refractivity contribution >= 4 is 43.5 Å². The van der Waals surface area contributed by atoms with E-state index in [-0.39, 0.29) is 24.1 Å². The number of ether oxygens (including phenoxy) is 2. The van der Waals surface area contributed by atoms with Gasteiger partial charge < -0.3 is 19.7 Å². The Morgan fingerprint density at radius 3 is 2.30 bits per heavy atom. The van der Waals surface area contributed by atoms with Crippen LogP contribution in [-0.2, 0) is 26.2 Å². The number of nitrogens with one attached hydrogen (secondary N) is 1. The van der Waals surface area contributed by atoms with Gasteiger partial charge in [-0.25, -0.2) is 8.42 Å². The van der Waals surface area contributed by atoms with Gasteiger partial charge in [-0.05, 0) is 49.6 Å². The summed E-state index contributed by atoms with van der Waals surface area (Å²) in [5, 5.41) is 2.87. The fraction of sp³-hybridized carbons (Fsp3) is 0.462. The third-order valence-corrected chi connectivity index (χ3v) is 8.18. The highest BCUT2D eigenvalue weighted by Gasteiger charge is 2.31. The van der Waals surface area contributed by atoms with Crippen LogP contribution in [0.3, 0.4) is 0 Å². The van der Waals surface area contributed by atoms with E-state index < -0.39 is 28.5 Å². The summed E-state index contributed by atoms with van der Waals surface area (Å²) in [6.07, 6.45) is 0. The molecule has 0 fully saturated rings. The third kappa shape index (κ3) is 7.61. The molecule has 11 heteroatoms. The molecule has 0 saturated carbocycles. The second kappa shape index (κ2) is 12.6. The summed E-state index contributed by atoms with van der Waals surface area (Å²) in [6.45, 7) is 8.03. The van der Waals surface area contributed by atoms with E-state index in [0.29, 0.717) is 36.9 Å². The maximum absolute atomic E-state index is 13.7. The molecule has 37 heavy (non-hydrogen) atoms. The molecule has 1 atom stereocenters. The molecule has 0 aromatic heterocycles. The first kappa shape index (κ1) is 28.8. The van der Waals surface area contributed by atoms with Crippen molar-refractivity contribution in [3.05, 3.63) is 52.5 Å². The van der Waals surface area contributed by atoms with Gasteiger partial charge in [0.2, 0.25) is 21.8 Å². The number of carbonyl (C=O) groups excluding carboxylic acids is 2. The number of carbonyl (C=O) groups is 2. The molecular formula is C26H34BrN3O6S. The molecule has 0 bridgehead atoms. The van der Waals surface area contributed by atoms with E-state index in [9.17, 15) is 18.0 Å². The van der Waals surface area contributed by atoms with Crippen LogP contribution in [0.4, 0.5) is 5.69 Å². The van der Waals surface area contributed by atoms with Crippen LogP contribution in [0.5, 0.6) is 11.5 Å². The first-order valence-corrected chi connectivity index (χ1v) is 14.6. The Morgan fingerprint density at radius 2 is 1.68 bits per heavy atom. The number of amides is 2. The van der Waals surface area contributed by atoms with Crippen LogP contribution in [0.2, 0.25) is 0 Å². The summed E-state index contributed by atoms with van der Waals surface area (Å²) in [5.74, 6) is 0.173. The van der Waals surface area contributed by atoms with Gasteiger partial charge in [0.05, 0.1) is 11.4 Å². The summed E-state index contributed by atoms with van der Waals surface area (Å²) >= 11 is 3.40. The number of rotatable bonds is 11. The summed E-state index contributed by atoms with van der Waals surface area (Å²) in [7, 11) is -3.83. The number of sulfonamides is 1. The number of anilines is 1. The van der Waals surface area contributed by atoms with Crippen LogP contribution >= 0.6 is 15.9 Å². The van der Waals surface area contributed by atoms with Gasteiger partial charge >= 0.3 is 0 Å². The molecule has 1 heterocycles. The molecule has 2 aromatic carbocycles. The minimum Gasteiger partial charge on any atom is -0.486 e. The Kier molecular flexibility index (Phi) is 9.83. The third-order valence-electron chi connectivity index (χ3n) is 5.91. The Bertz CT molecular complexity index is 1200. The average Bonchev–Trinajstić information content (AvgIpc) is 2.89. The van der Waals surface area contributed by atoms with E-state index in [4.69, 9.17) is 9.47 Å². The number of halogens is 1. The van der Waals surface area contributed by atoms with Crippen molar-refractivity contribution in [3.63, 3.8) is 0 Å². The maximum atomic E-state index is 13.7. The first-order valence-electron chi connectivity index (χ1n) is 12.2. The SMILES string of the molecule is CCS(=O)(=O)N(CC(=O)N(Cc1ccc(Br)cc1)[C@@H](C)C(=O)NCC(C)C)c1ccc2c(c1)OCCO2. The normalized spacial score (nSPS) is 13.7. The van der Waals surface area contributed by atoms with Crippen molar-refractivity contribution in [2.24, 2.45) is 5.92 Å². The van der Waals surface area contributed by atoms with Crippen molar-refractivity contribution in [3.8, 4) is 11.5 Å². The van der Waals surface area contributed by atoms with Crippen molar-refractivity contribution in [2.75, 3.05) is 36.4 Å². The zero-order valence-corrected chi connectivity index (χ0v) is 24.0. The zero-order chi connectivity index (χ0) is 27.2. The molecule has 0 saturated heterocycles. The molecule has 0 spiro atoms. The van der Waals surface area contributed by atoms with E-state index in [1.165, 1.54) is 11.8 Å². The average molecular weight is 597 g/mol. The lowest BCUT2D eigenvalue weighted by Gasteiger charge is -2.32. The van der Waals surface area contributed by atoms with Gasteiger partial charge in [0.1, 0.15) is 25.8 Å². The molecule has 9 nitrogen and oxygen atoms in total. The van der Waals surface area contributed by atoms with Crippen molar-refractivity contribution in [1.82, 2.24) is 10.2 Å². The largest absolute Gasteiger partial charge is 0.486 e. The van der Waals surface area contributed by atoms with Gasteiger partial charge in [0.15, 0.2) is 11.5 Å². The molecule has 3 rings (SSSR count). The fourth-order valence-corrected chi connectivity index (χ4v) is 5.05. The van der Waals surface area contributed by atoms with E-state index in [1.807, 2.05) is 38.1 Å². The van der Waals surface area contributed by atoms with Gasteiger partial charge in [-0.1, -0.05) is 41.9 Å². The Labute approximate surface area is 227 Å². The second-order valence-electron chi connectivity index (χ2n) is 9.20. The van der Waals surface area contributed by atoms with Crippen molar-refractivity contribution < 1.29 is 27.5 Å². The number of hydrogen-bond donors (Lipinski definition) is 1. The van der Waals surface area contributed by atoms with Crippen LogP contribution in [0.25, 0.3) is 0 Å². The van der Waals surface area contributed by atoms with Crippen LogP contribution in [0.15, 0.2) is 46.9 Å². The molecule has 2 amide bonds. The maximum Gasteiger partial charge on any atom is 0.244 e. The van der Waals surface area contributed by atoms with E-state index in [2.05, 4.69) is 21.2 Å². The molecular weight excluding hydrogens is 562 g/mol. The highest BCUT2D eigenvalue weighted by molar-refractivity contribution is 9.10. The van der Waals surface area contributed by atoms with E-state index >= 15 is 0 Å². The molecule has 1 aliphatic heterocycles. The van der Waals surface area contributed by atoms with Crippen LogP contribution in [0.1, 0.15) is 33.3 Å². The van der Waals surface area contributed by atoms with Crippen LogP contribution in [0, 0.1) is 5.92 Å². The number of hydrogen-bond acceptors (Lipinski definition) is 6. The fourth-order valence-electron chi connectivity index (χ4n) is 3.73. The molecule has 202 valence electrons. The van der Waals surface area contributed by atoms with Crippen molar-refractivity contribution in [2.45, 2.75) is 40.3 Å². The summed E-state index contributed by atoms with van der Waals surface area (Å²) in [4.78, 5) is 28.1. The highest BCUT2D eigenvalue weighted by atomic mass is 79.9. The minimum atomic E-state index is -3.83. The van der Waals surface area contributed by atoms with Gasteiger partial charge in [-0.15, -0.1) is 0 Å². The molecule has 0 radical (unpaired) electrons. The molecule has 1 aliphatic rings. The zero-order valence-electron chi connectivity index (χ0n) is 21.6. The lowest BCUT2D eigenvalue weighted by Crippen LogP contribution is -2.51. The standard InChI is InChI=1S/C26H34BrN3O6S/c1-5-37(33,34)30(22-10-11-23-24(14-22)36-13-12-35-23)17-25(31)29(16-20-6-8-21(27)9-7-20)19(4)26(32)28-15-18(2)3/h6-11,14,18-19H,5,12-13,15-17H2,1-4H3,(H,28,32)/t19-/m0/s1. The number of nitrogens with zero attached hydrogens (tertiary/aromatic N) is 2. The van der Waals surface area contributed by atoms with Crippen molar-refractivity contribution in [1.29, 1.82) is 0 Å².